The van der Waals surface area contributed by atoms with Crippen LogP contribution < -0.4 is 11.0 Å². The molecular formula is C12H19N3O2. The summed E-state index contributed by atoms with van der Waals surface area (Å²) in [6.07, 6.45) is 5.61. The number of nitrogens with zero attached hydrogens (tertiary/aromatic N) is 2. The molecule has 0 saturated heterocycles. The van der Waals surface area contributed by atoms with Crippen LogP contribution in [-0.4, -0.2) is 21.6 Å². The van der Waals surface area contributed by atoms with E-state index in [2.05, 4.69) is 5.32 Å². The second-order valence-corrected chi connectivity index (χ2v) is 5.04. The Bertz CT molecular complexity index is 455. The van der Waals surface area contributed by atoms with Gasteiger partial charge in [-0.15, -0.1) is 0 Å². The Morgan fingerprint density at radius 1 is 1.47 bits per heavy atom. The maximum Gasteiger partial charge on any atom is 0.328 e. The largest absolute Gasteiger partial charge is 0.354 e. The Kier molecular flexibility index (Phi) is 3.36. The number of carbonyl (C=O) groups is 1. The highest BCUT2D eigenvalue weighted by Crippen LogP contribution is 2.33. The molecule has 1 aliphatic rings. The van der Waals surface area contributed by atoms with Crippen molar-refractivity contribution >= 4 is 5.91 Å². The topological polar surface area (TPSA) is 56.0 Å². The number of aromatic nitrogens is 2. The van der Waals surface area contributed by atoms with Crippen LogP contribution in [0, 0.1) is 5.92 Å². The van der Waals surface area contributed by atoms with Crippen molar-refractivity contribution in [2.24, 2.45) is 5.92 Å². The minimum Gasteiger partial charge on any atom is -0.354 e. The van der Waals surface area contributed by atoms with Crippen LogP contribution in [0.5, 0.6) is 0 Å². The number of nitrogens with one attached hydrogen (secondary N) is 1. The van der Waals surface area contributed by atoms with Gasteiger partial charge in [0, 0.05) is 25.0 Å². The first kappa shape index (κ1) is 12.0. The Hall–Kier alpha value is -1.52. The van der Waals surface area contributed by atoms with Crippen molar-refractivity contribution in [2.75, 3.05) is 6.54 Å². The second kappa shape index (κ2) is 4.77. The smallest absolute Gasteiger partial charge is 0.328 e. The molecule has 2 rings (SSSR count). The van der Waals surface area contributed by atoms with E-state index in [9.17, 15) is 9.59 Å². The monoisotopic (exact) mass is 237 g/mol. The first-order chi connectivity index (χ1) is 8.08. The summed E-state index contributed by atoms with van der Waals surface area (Å²) in [6, 6.07) is 0.363. The fraction of sp³-hybridized carbons (Fsp3) is 0.667. The molecule has 1 aromatic rings. The molecule has 1 amide bonds. The third-order valence-corrected chi connectivity index (χ3v) is 2.84. The van der Waals surface area contributed by atoms with Crippen LogP contribution in [0.2, 0.25) is 0 Å². The third kappa shape index (κ3) is 2.99. The Balaban J connectivity index is 1.94. The predicted octanol–water partition coefficient (Wildman–Crippen LogP) is 0.757. The highest BCUT2D eigenvalue weighted by molar-refractivity contribution is 5.75. The summed E-state index contributed by atoms with van der Waals surface area (Å²) >= 11 is 0. The molecule has 0 atom stereocenters. The lowest BCUT2D eigenvalue weighted by atomic mass is 10.2. The lowest BCUT2D eigenvalue weighted by Gasteiger charge is -2.07. The van der Waals surface area contributed by atoms with Crippen molar-refractivity contribution in [2.45, 2.75) is 39.3 Å². The zero-order valence-electron chi connectivity index (χ0n) is 10.3. The summed E-state index contributed by atoms with van der Waals surface area (Å²) in [6.45, 7) is 4.84. The Morgan fingerprint density at radius 3 is 2.76 bits per heavy atom. The van der Waals surface area contributed by atoms with Crippen LogP contribution in [0.4, 0.5) is 0 Å². The van der Waals surface area contributed by atoms with Gasteiger partial charge in [0.25, 0.3) is 0 Å². The van der Waals surface area contributed by atoms with E-state index in [-0.39, 0.29) is 18.1 Å². The van der Waals surface area contributed by atoms with Crippen LogP contribution in [0.15, 0.2) is 17.2 Å². The van der Waals surface area contributed by atoms with Crippen LogP contribution in [0.3, 0.4) is 0 Å². The first-order valence-electron chi connectivity index (χ1n) is 6.12. The molecule has 5 heteroatoms. The molecule has 1 fully saturated rings. The molecule has 1 saturated carbocycles. The molecule has 1 heterocycles. The van der Waals surface area contributed by atoms with Crippen molar-refractivity contribution in [1.82, 2.24) is 14.5 Å². The number of hydrogen-bond acceptors (Lipinski definition) is 2. The first-order valence-corrected chi connectivity index (χ1v) is 6.12. The van der Waals surface area contributed by atoms with Crippen molar-refractivity contribution < 1.29 is 4.79 Å². The lowest BCUT2D eigenvalue weighted by molar-refractivity contribution is -0.121. The minimum atomic E-state index is -0.102. The molecule has 17 heavy (non-hydrogen) atoms. The molecule has 5 nitrogen and oxygen atoms in total. The van der Waals surface area contributed by atoms with E-state index in [0.29, 0.717) is 18.5 Å². The number of amides is 1. The molecule has 0 aliphatic heterocycles. The van der Waals surface area contributed by atoms with E-state index in [1.165, 1.54) is 4.57 Å². The molecule has 0 bridgehead atoms. The molecule has 0 spiro atoms. The second-order valence-electron chi connectivity index (χ2n) is 5.04. The summed E-state index contributed by atoms with van der Waals surface area (Å²) in [5.41, 5.74) is -0.0767. The Morgan fingerprint density at radius 2 is 2.18 bits per heavy atom. The van der Waals surface area contributed by atoms with Crippen molar-refractivity contribution in [3.8, 4) is 0 Å². The molecule has 1 N–H and O–H groups in total. The lowest BCUT2D eigenvalue weighted by Crippen LogP contribution is -2.34. The zero-order chi connectivity index (χ0) is 12.4. The number of rotatable bonds is 5. The number of carbonyl (C=O) groups excluding carboxylic acids is 1. The normalized spacial score (nSPS) is 15.2. The highest BCUT2D eigenvalue weighted by atomic mass is 16.2. The van der Waals surface area contributed by atoms with Gasteiger partial charge in [0.05, 0.1) is 0 Å². The molecule has 1 aliphatic carbocycles. The Labute approximate surface area is 100 Å². The van der Waals surface area contributed by atoms with E-state index in [1.807, 2.05) is 13.8 Å². The van der Waals surface area contributed by atoms with E-state index in [0.717, 1.165) is 12.8 Å². The number of imidazole rings is 1. The summed E-state index contributed by atoms with van der Waals surface area (Å²) in [4.78, 5) is 23.5. The van der Waals surface area contributed by atoms with Gasteiger partial charge in [0.2, 0.25) is 5.91 Å². The molecule has 0 radical (unpaired) electrons. The fourth-order valence-corrected chi connectivity index (χ4v) is 1.71. The molecule has 0 aromatic carbocycles. The van der Waals surface area contributed by atoms with Gasteiger partial charge in [-0.05, 0) is 18.8 Å². The summed E-state index contributed by atoms with van der Waals surface area (Å²) in [7, 11) is 0. The standard InChI is InChI=1S/C12H19N3O2/c1-9(2)7-13-11(16)8-14-5-6-15(12(14)17)10-3-4-10/h5-6,9-10H,3-4,7-8H2,1-2H3,(H,13,16). The SMILES string of the molecule is CC(C)CNC(=O)Cn1ccn(C2CC2)c1=O. The summed E-state index contributed by atoms with van der Waals surface area (Å²) < 4.78 is 3.18. The van der Waals surface area contributed by atoms with Crippen LogP contribution in [0.1, 0.15) is 32.7 Å². The maximum absolute atomic E-state index is 11.9. The van der Waals surface area contributed by atoms with Crippen molar-refractivity contribution in [3.63, 3.8) is 0 Å². The van der Waals surface area contributed by atoms with Gasteiger partial charge in [-0.25, -0.2) is 4.79 Å². The van der Waals surface area contributed by atoms with E-state index < -0.39 is 0 Å². The van der Waals surface area contributed by atoms with Gasteiger partial charge in [-0.1, -0.05) is 13.8 Å². The molecule has 94 valence electrons. The number of hydrogen-bond donors (Lipinski definition) is 1. The maximum atomic E-state index is 11.9. The van der Waals surface area contributed by atoms with E-state index in [1.54, 1.807) is 17.0 Å². The fourth-order valence-electron chi connectivity index (χ4n) is 1.71. The van der Waals surface area contributed by atoms with Gasteiger partial charge in [-0.3, -0.25) is 13.9 Å². The van der Waals surface area contributed by atoms with Crippen LogP contribution in [0.25, 0.3) is 0 Å². The van der Waals surface area contributed by atoms with Gasteiger partial charge < -0.3 is 5.32 Å². The average Bonchev–Trinajstić information content (AvgIpc) is 3.04. The van der Waals surface area contributed by atoms with Crippen molar-refractivity contribution in [3.05, 3.63) is 22.9 Å². The van der Waals surface area contributed by atoms with Gasteiger partial charge in [0.1, 0.15) is 6.54 Å². The van der Waals surface area contributed by atoms with Gasteiger partial charge >= 0.3 is 5.69 Å². The molecule has 0 unspecified atom stereocenters. The highest BCUT2D eigenvalue weighted by Gasteiger charge is 2.25. The van der Waals surface area contributed by atoms with E-state index >= 15 is 0 Å². The van der Waals surface area contributed by atoms with E-state index in [4.69, 9.17) is 0 Å². The molecule has 1 aromatic heterocycles. The van der Waals surface area contributed by atoms with Gasteiger partial charge in [0.15, 0.2) is 0 Å². The summed E-state index contributed by atoms with van der Waals surface area (Å²) in [5.74, 6) is 0.320. The molecular weight excluding hydrogens is 218 g/mol. The summed E-state index contributed by atoms with van der Waals surface area (Å²) in [5, 5.41) is 2.80. The van der Waals surface area contributed by atoms with Crippen molar-refractivity contribution in [1.29, 1.82) is 0 Å². The quantitative estimate of drug-likeness (QED) is 0.822. The predicted molar refractivity (Wildman–Crippen MR) is 64.8 cm³/mol. The van der Waals surface area contributed by atoms with Gasteiger partial charge in [-0.2, -0.15) is 0 Å². The van der Waals surface area contributed by atoms with Crippen LogP contribution in [-0.2, 0) is 11.3 Å². The van der Waals surface area contributed by atoms with Crippen LogP contribution >= 0.6 is 0 Å². The third-order valence-electron chi connectivity index (χ3n) is 2.84. The average molecular weight is 237 g/mol. The zero-order valence-corrected chi connectivity index (χ0v) is 10.3. The minimum absolute atomic E-state index is 0.0767.